The molecule has 3 rings (SSSR count). The van der Waals surface area contributed by atoms with Crippen molar-refractivity contribution in [3.05, 3.63) is 53.6 Å². The molecule has 2 aliphatic carbocycles. The van der Waals surface area contributed by atoms with Crippen LogP contribution >= 0.6 is 11.6 Å². The van der Waals surface area contributed by atoms with Crippen LogP contribution in [0.25, 0.3) is 0 Å². The van der Waals surface area contributed by atoms with E-state index < -0.39 is 12.1 Å². The third-order valence-electron chi connectivity index (χ3n) is 6.28. The van der Waals surface area contributed by atoms with Crippen molar-refractivity contribution in [2.24, 2.45) is 23.7 Å². The maximum atomic E-state index is 10.6. The summed E-state index contributed by atoms with van der Waals surface area (Å²) in [5, 5.41) is 19.7. The van der Waals surface area contributed by atoms with Gasteiger partial charge in [0.05, 0.1) is 0 Å². The van der Waals surface area contributed by atoms with Crippen LogP contribution in [0.3, 0.4) is 0 Å². The molecule has 5 atom stereocenters. The van der Waals surface area contributed by atoms with Crippen molar-refractivity contribution in [1.29, 1.82) is 0 Å². The fourth-order valence-electron chi connectivity index (χ4n) is 4.87. The lowest BCUT2D eigenvalue weighted by atomic mass is 9.77. The molecule has 4 nitrogen and oxygen atoms in total. The van der Waals surface area contributed by atoms with E-state index in [1.165, 1.54) is 19.3 Å². The Labute approximate surface area is 178 Å². The number of hydrogen-bond donors (Lipinski definition) is 2. The summed E-state index contributed by atoms with van der Waals surface area (Å²) in [6, 6.07) is 7.14. The second kappa shape index (κ2) is 10.8. The number of aliphatic hydroxyl groups excluding tert-OH is 1. The van der Waals surface area contributed by atoms with Crippen LogP contribution in [0.4, 0.5) is 0 Å². The SMILES string of the molecule is O=C(O)CCC/C=C\C[C@H]1C2CCC(C2)[C@@H]1/C=C/[C@@H](O)COc1ccc(Cl)cc1. The first-order chi connectivity index (χ1) is 14.0. The maximum absolute atomic E-state index is 10.6. The van der Waals surface area contributed by atoms with Crippen molar-refractivity contribution in [2.75, 3.05) is 6.61 Å². The summed E-state index contributed by atoms with van der Waals surface area (Å²) in [6.07, 6.45) is 14.5. The number of unbranched alkanes of at least 4 members (excludes halogenated alkanes) is 1. The summed E-state index contributed by atoms with van der Waals surface area (Å²) >= 11 is 5.87. The molecule has 2 aliphatic rings. The number of allylic oxidation sites excluding steroid dienone is 3. The van der Waals surface area contributed by atoms with Crippen molar-refractivity contribution in [3.63, 3.8) is 0 Å². The summed E-state index contributed by atoms with van der Waals surface area (Å²) in [5.74, 6) is 2.63. The Morgan fingerprint density at radius 1 is 1.21 bits per heavy atom. The van der Waals surface area contributed by atoms with Gasteiger partial charge in [-0.05, 0) is 86.5 Å². The van der Waals surface area contributed by atoms with Crippen molar-refractivity contribution in [1.82, 2.24) is 0 Å². The van der Waals surface area contributed by atoms with E-state index >= 15 is 0 Å². The van der Waals surface area contributed by atoms with Gasteiger partial charge < -0.3 is 14.9 Å². The molecule has 0 saturated heterocycles. The van der Waals surface area contributed by atoms with Crippen molar-refractivity contribution >= 4 is 17.6 Å². The van der Waals surface area contributed by atoms with Gasteiger partial charge in [-0.15, -0.1) is 0 Å². The molecule has 158 valence electrons. The lowest BCUT2D eigenvalue weighted by Crippen LogP contribution is -2.21. The average Bonchev–Trinajstić information content (AvgIpc) is 3.30. The monoisotopic (exact) mass is 418 g/mol. The van der Waals surface area contributed by atoms with Crippen LogP contribution < -0.4 is 4.74 Å². The van der Waals surface area contributed by atoms with Gasteiger partial charge in [-0.3, -0.25) is 4.79 Å². The van der Waals surface area contributed by atoms with Crippen LogP contribution in [0, 0.1) is 23.7 Å². The van der Waals surface area contributed by atoms with Gasteiger partial charge in [0.25, 0.3) is 0 Å². The van der Waals surface area contributed by atoms with E-state index in [9.17, 15) is 9.90 Å². The molecule has 0 radical (unpaired) electrons. The first kappa shape index (κ1) is 21.9. The second-order valence-corrected chi connectivity index (χ2v) is 8.72. The molecule has 1 aromatic carbocycles. The second-order valence-electron chi connectivity index (χ2n) is 8.28. The molecule has 0 spiro atoms. The Hall–Kier alpha value is -1.78. The van der Waals surface area contributed by atoms with Gasteiger partial charge in [-0.2, -0.15) is 0 Å². The quantitative estimate of drug-likeness (QED) is 0.368. The van der Waals surface area contributed by atoms with Gasteiger partial charge in [-0.1, -0.05) is 35.9 Å². The van der Waals surface area contributed by atoms with Gasteiger partial charge in [0.2, 0.25) is 0 Å². The molecule has 1 aromatic rings. The summed E-state index contributed by atoms with van der Waals surface area (Å²) < 4.78 is 5.63. The van der Waals surface area contributed by atoms with Gasteiger partial charge in [0.1, 0.15) is 18.5 Å². The summed E-state index contributed by atoms with van der Waals surface area (Å²) in [5.41, 5.74) is 0. The van der Waals surface area contributed by atoms with E-state index in [0.29, 0.717) is 29.0 Å². The van der Waals surface area contributed by atoms with Crippen LogP contribution in [0.1, 0.15) is 44.9 Å². The molecule has 2 N–H and O–H groups in total. The molecule has 0 aromatic heterocycles. The number of benzene rings is 1. The number of hydrogen-bond acceptors (Lipinski definition) is 3. The lowest BCUT2D eigenvalue weighted by Gasteiger charge is -2.28. The van der Waals surface area contributed by atoms with Crippen LogP contribution in [-0.4, -0.2) is 28.9 Å². The molecular weight excluding hydrogens is 388 g/mol. The van der Waals surface area contributed by atoms with E-state index in [1.807, 2.05) is 6.08 Å². The minimum absolute atomic E-state index is 0.229. The van der Waals surface area contributed by atoms with Gasteiger partial charge in [0.15, 0.2) is 0 Å². The number of carboxylic acid groups (broad SMARTS) is 1. The minimum atomic E-state index is -0.727. The Morgan fingerprint density at radius 3 is 2.72 bits per heavy atom. The van der Waals surface area contributed by atoms with E-state index in [-0.39, 0.29) is 13.0 Å². The molecule has 2 bridgehead atoms. The fraction of sp³-hybridized carbons (Fsp3) is 0.542. The summed E-state index contributed by atoms with van der Waals surface area (Å²) in [6.45, 7) is 0.229. The normalized spacial score (nSPS) is 27.1. The van der Waals surface area contributed by atoms with Gasteiger partial charge >= 0.3 is 5.97 Å². The highest BCUT2D eigenvalue weighted by Gasteiger charge is 2.45. The number of rotatable bonds is 11. The standard InChI is InChI=1S/C24H31ClO4/c25-19-9-12-21(13-10-19)29-16-20(26)11-14-23-18-8-7-17(15-18)22(23)5-3-1-2-4-6-24(27)28/h1,3,9-14,17-18,20,22-23,26H,2,4-8,15-16H2,(H,27,28)/b3-1-,14-11+/t17?,18?,20-,22+,23+/m1/s1. The molecule has 29 heavy (non-hydrogen) atoms. The van der Waals surface area contributed by atoms with Crippen molar-refractivity contribution in [3.8, 4) is 5.75 Å². The fourth-order valence-corrected chi connectivity index (χ4v) is 5.00. The Morgan fingerprint density at radius 2 is 1.97 bits per heavy atom. The third-order valence-corrected chi connectivity index (χ3v) is 6.54. The number of carboxylic acids is 1. The first-order valence-electron chi connectivity index (χ1n) is 10.6. The third kappa shape index (κ3) is 6.61. The molecule has 5 heteroatoms. The van der Waals surface area contributed by atoms with Crippen molar-refractivity contribution in [2.45, 2.75) is 51.0 Å². The molecular formula is C24H31ClO4. The number of aliphatic carboxylic acids is 1. The van der Waals surface area contributed by atoms with Crippen LogP contribution in [0.15, 0.2) is 48.6 Å². The maximum Gasteiger partial charge on any atom is 0.303 e. The highest BCUT2D eigenvalue weighted by Crippen LogP contribution is 2.54. The smallest absolute Gasteiger partial charge is 0.303 e. The highest BCUT2D eigenvalue weighted by atomic mass is 35.5. The largest absolute Gasteiger partial charge is 0.491 e. The van der Waals surface area contributed by atoms with Crippen LogP contribution in [0.5, 0.6) is 5.75 Å². The molecule has 0 heterocycles. The predicted molar refractivity (Wildman–Crippen MR) is 115 cm³/mol. The van der Waals surface area contributed by atoms with Gasteiger partial charge in [-0.25, -0.2) is 0 Å². The van der Waals surface area contributed by atoms with Crippen molar-refractivity contribution < 1.29 is 19.7 Å². The van der Waals surface area contributed by atoms with Gasteiger partial charge in [0, 0.05) is 11.4 Å². The zero-order valence-corrected chi connectivity index (χ0v) is 17.5. The molecule has 0 aliphatic heterocycles. The van der Waals surface area contributed by atoms with Crippen LogP contribution in [-0.2, 0) is 4.79 Å². The summed E-state index contributed by atoms with van der Waals surface area (Å²) in [7, 11) is 0. The van der Waals surface area contributed by atoms with Crippen LogP contribution in [0.2, 0.25) is 5.02 Å². The van der Waals surface area contributed by atoms with E-state index in [1.54, 1.807) is 24.3 Å². The molecule has 2 saturated carbocycles. The average molecular weight is 419 g/mol. The minimum Gasteiger partial charge on any atom is -0.491 e. The number of fused-ring (bicyclic) bond motifs is 2. The number of aliphatic hydroxyl groups is 1. The highest BCUT2D eigenvalue weighted by molar-refractivity contribution is 6.30. The Balaban J connectivity index is 1.46. The zero-order chi connectivity index (χ0) is 20.6. The first-order valence-corrected chi connectivity index (χ1v) is 11.0. The number of halogens is 1. The van der Waals surface area contributed by atoms with E-state index in [2.05, 4.69) is 18.2 Å². The summed E-state index contributed by atoms with van der Waals surface area (Å²) in [4.78, 5) is 10.6. The number of ether oxygens (including phenoxy) is 1. The van der Waals surface area contributed by atoms with E-state index in [4.69, 9.17) is 21.4 Å². The molecule has 0 amide bonds. The van der Waals surface area contributed by atoms with E-state index in [0.717, 1.165) is 24.7 Å². The number of carbonyl (C=O) groups is 1. The predicted octanol–water partition coefficient (Wildman–Crippen LogP) is 5.50. The Bertz CT molecular complexity index is 712. The molecule has 2 unspecified atom stereocenters. The molecule has 2 fully saturated rings. The zero-order valence-electron chi connectivity index (χ0n) is 16.8. The Kier molecular flexibility index (Phi) is 8.19. The lowest BCUT2D eigenvalue weighted by molar-refractivity contribution is -0.137. The topological polar surface area (TPSA) is 66.8 Å².